The first-order valence-electron chi connectivity index (χ1n) is 6.61. The summed E-state index contributed by atoms with van der Waals surface area (Å²) < 4.78 is 0. The highest BCUT2D eigenvalue weighted by atomic mass is 16.2. The SMILES string of the molecule is CC1CCCC(N(C)C(=O)CCCCN)C1. The minimum atomic E-state index is 0.299. The highest BCUT2D eigenvalue weighted by Gasteiger charge is 2.24. The Kier molecular flexibility index (Phi) is 5.81. The highest BCUT2D eigenvalue weighted by molar-refractivity contribution is 5.76. The fraction of sp³-hybridized carbons (Fsp3) is 0.923. The van der Waals surface area contributed by atoms with Crippen molar-refractivity contribution in [1.29, 1.82) is 0 Å². The summed E-state index contributed by atoms with van der Waals surface area (Å²) in [6.45, 7) is 2.98. The Hall–Kier alpha value is -0.570. The normalized spacial score (nSPS) is 25.4. The standard InChI is InChI=1S/C13H26N2O/c1-11-6-5-7-12(10-11)15(2)13(16)8-3-4-9-14/h11-12H,3-10,14H2,1-2H3. The van der Waals surface area contributed by atoms with Crippen LogP contribution in [0.5, 0.6) is 0 Å². The summed E-state index contributed by atoms with van der Waals surface area (Å²) in [5.74, 6) is 1.07. The Morgan fingerprint density at radius 2 is 2.12 bits per heavy atom. The van der Waals surface area contributed by atoms with Crippen LogP contribution in [0.1, 0.15) is 51.9 Å². The van der Waals surface area contributed by atoms with Crippen molar-refractivity contribution >= 4 is 5.91 Å². The third kappa shape index (κ3) is 4.12. The zero-order chi connectivity index (χ0) is 12.0. The monoisotopic (exact) mass is 226 g/mol. The van der Waals surface area contributed by atoms with Crippen LogP contribution in [-0.2, 0) is 4.79 Å². The first kappa shape index (κ1) is 13.5. The molecule has 0 aromatic rings. The van der Waals surface area contributed by atoms with E-state index in [1.807, 2.05) is 11.9 Å². The number of nitrogens with two attached hydrogens (primary N) is 1. The summed E-state index contributed by atoms with van der Waals surface area (Å²) >= 11 is 0. The number of rotatable bonds is 5. The predicted octanol–water partition coefficient (Wildman–Crippen LogP) is 2.15. The molecule has 3 heteroatoms. The molecule has 2 unspecified atom stereocenters. The number of hydrogen-bond acceptors (Lipinski definition) is 2. The second-order valence-corrected chi connectivity index (χ2v) is 5.18. The van der Waals surface area contributed by atoms with Crippen LogP contribution in [0.4, 0.5) is 0 Å². The largest absolute Gasteiger partial charge is 0.343 e. The van der Waals surface area contributed by atoms with Crippen molar-refractivity contribution in [2.24, 2.45) is 11.7 Å². The van der Waals surface area contributed by atoms with Gasteiger partial charge in [-0.1, -0.05) is 19.8 Å². The van der Waals surface area contributed by atoms with Gasteiger partial charge in [0, 0.05) is 19.5 Å². The molecule has 1 fully saturated rings. The van der Waals surface area contributed by atoms with E-state index in [0.717, 1.165) is 18.8 Å². The van der Waals surface area contributed by atoms with Gasteiger partial charge in [-0.05, 0) is 38.1 Å². The lowest BCUT2D eigenvalue weighted by atomic mass is 9.86. The third-order valence-electron chi connectivity index (χ3n) is 3.69. The van der Waals surface area contributed by atoms with Crippen LogP contribution in [0.2, 0.25) is 0 Å². The van der Waals surface area contributed by atoms with E-state index < -0.39 is 0 Å². The van der Waals surface area contributed by atoms with E-state index in [1.165, 1.54) is 25.7 Å². The quantitative estimate of drug-likeness (QED) is 0.730. The molecule has 1 amide bonds. The number of hydrogen-bond donors (Lipinski definition) is 1. The van der Waals surface area contributed by atoms with E-state index in [-0.39, 0.29) is 0 Å². The van der Waals surface area contributed by atoms with Crippen LogP contribution >= 0.6 is 0 Å². The number of carbonyl (C=O) groups excluding carboxylic acids is 1. The summed E-state index contributed by atoms with van der Waals surface area (Å²) in [4.78, 5) is 13.9. The molecule has 3 nitrogen and oxygen atoms in total. The number of carbonyl (C=O) groups is 1. The maximum absolute atomic E-state index is 11.9. The molecule has 16 heavy (non-hydrogen) atoms. The van der Waals surface area contributed by atoms with Gasteiger partial charge in [0.1, 0.15) is 0 Å². The summed E-state index contributed by atoms with van der Waals surface area (Å²) in [5.41, 5.74) is 5.43. The molecule has 0 bridgehead atoms. The average molecular weight is 226 g/mol. The van der Waals surface area contributed by atoms with Gasteiger partial charge in [0.15, 0.2) is 0 Å². The number of amides is 1. The molecule has 1 rings (SSSR count). The van der Waals surface area contributed by atoms with Gasteiger partial charge >= 0.3 is 0 Å². The van der Waals surface area contributed by atoms with Gasteiger partial charge in [0.25, 0.3) is 0 Å². The molecule has 0 aromatic carbocycles. The van der Waals surface area contributed by atoms with Crippen molar-refractivity contribution in [2.75, 3.05) is 13.6 Å². The fourth-order valence-corrected chi connectivity index (χ4v) is 2.55. The predicted molar refractivity (Wildman–Crippen MR) is 67.1 cm³/mol. The van der Waals surface area contributed by atoms with E-state index in [9.17, 15) is 4.79 Å². The van der Waals surface area contributed by atoms with Gasteiger partial charge in [-0.15, -0.1) is 0 Å². The van der Waals surface area contributed by atoms with E-state index in [0.29, 0.717) is 24.9 Å². The lowest BCUT2D eigenvalue weighted by Crippen LogP contribution is -2.39. The first-order valence-corrected chi connectivity index (χ1v) is 6.61. The molecule has 0 aromatic heterocycles. The Morgan fingerprint density at radius 3 is 2.75 bits per heavy atom. The minimum absolute atomic E-state index is 0.299. The van der Waals surface area contributed by atoms with Crippen LogP contribution in [-0.4, -0.2) is 30.4 Å². The Morgan fingerprint density at radius 1 is 1.38 bits per heavy atom. The maximum atomic E-state index is 11.9. The van der Waals surface area contributed by atoms with Crippen LogP contribution in [0.3, 0.4) is 0 Å². The van der Waals surface area contributed by atoms with Crippen LogP contribution in [0.25, 0.3) is 0 Å². The van der Waals surface area contributed by atoms with E-state index in [4.69, 9.17) is 5.73 Å². The second kappa shape index (κ2) is 6.89. The second-order valence-electron chi connectivity index (χ2n) is 5.18. The average Bonchev–Trinajstić information content (AvgIpc) is 2.28. The summed E-state index contributed by atoms with van der Waals surface area (Å²) in [5, 5.41) is 0. The van der Waals surface area contributed by atoms with Gasteiger partial charge in [-0.3, -0.25) is 4.79 Å². The molecule has 2 atom stereocenters. The summed E-state index contributed by atoms with van der Waals surface area (Å²) in [6, 6.07) is 0.481. The zero-order valence-corrected chi connectivity index (χ0v) is 10.7. The number of nitrogens with zero attached hydrogens (tertiary/aromatic N) is 1. The summed E-state index contributed by atoms with van der Waals surface area (Å²) in [7, 11) is 1.97. The molecular formula is C13H26N2O. The minimum Gasteiger partial charge on any atom is -0.343 e. The molecule has 0 spiro atoms. The van der Waals surface area contributed by atoms with Gasteiger partial charge < -0.3 is 10.6 Å². The van der Waals surface area contributed by atoms with Gasteiger partial charge in [-0.2, -0.15) is 0 Å². The van der Waals surface area contributed by atoms with Crippen LogP contribution < -0.4 is 5.73 Å². The molecule has 0 saturated heterocycles. The highest BCUT2D eigenvalue weighted by Crippen LogP contribution is 2.27. The van der Waals surface area contributed by atoms with E-state index >= 15 is 0 Å². The van der Waals surface area contributed by atoms with E-state index in [2.05, 4.69) is 6.92 Å². The van der Waals surface area contributed by atoms with Crippen molar-refractivity contribution in [3.8, 4) is 0 Å². The lowest BCUT2D eigenvalue weighted by Gasteiger charge is -2.34. The molecule has 0 radical (unpaired) electrons. The molecule has 1 aliphatic carbocycles. The zero-order valence-electron chi connectivity index (χ0n) is 10.7. The molecule has 94 valence electrons. The van der Waals surface area contributed by atoms with Crippen molar-refractivity contribution < 1.29 is 4.79 Å². The van der Waals surface area contributed by atoms with Crippen molar-refractivity contribution in [3.63, 3.8) is 0 Å². The topological polar surface area (TPSA) is 46.3 Å². The van der Waals surface area contributed by atoms with E-state index in [1.54, 1.807) is 0 Å². The van der Waals surface area contributed by atoms with Crippen molar-refractivity contribution in [1.82, 2.24) is 4.90 Å². The number of unbranched alkanes of at least 4 members (excludes halogenated alkanes) is 1. The maximum Gasteiger partial charge on any atom is 0.222 e. The van der Waals surface area contributed by atoms with Gasteiger partial charge in [0.2, 0.25) is 5.91 Å². The Balaban J connectivity index is 2.31. The molecule has 2 N–H and O–H groups in total. The third-order valence-corrected chi connectivity index (χ3v) is 3.69. The molecular weight excluding hydrogens is 200 g/mol. The van der Waals surface area contributed by atoms with Crippen LogP contribution in [0, 0.1) is 5.92 Å². The van der Waals surface area contributed by atoms with Crippen molar-refractivity contribution in [3.05, 3.63) is 0 Å². The smallest absolute Gasteiger partial charge is 0.222 e. The lowest BCUT2D eigenvalue weighted by molar-refractivity contribution is -0.132. The fourth-order valence-electron chi connectivity index (χ4n) is 2.55. The van der Waals surface area contributed by atoms with Crippen LogP contribution in [0.15, 0.2) is 0 Å². The van der Waals surface area contributed by atoms with Gasteiger partial charge in [-0.25, -0.2) is 0 Å². The van der Waals surface area contributed by atoms with Gasteiger partial charge in [0.05, 0.1) is 0 Å². The summed E-state index contributed by atoms with van der Waals surface area (Å²) in [6.07, 6.45) is 7.52. The molecule has 0 aliphatic heterocycles. The molecule has 1 saturated carbocycles. The molecule has 0 heterocycles. The Labute approximate surface area is 99.4 Å². The first-order chi connectivity index (χ1) is 7.65. The van der Waals surface area contributed by atoms with Crippen molar-refractivity contribution in [2.45, 2.75) is 57.9 Å². The molecule has 1 aliphatic rings. The Bertz CT molecular complexity index is 218.